The van der Waals surface area contributed by atoms with Crippen LogP contribution in [0, 0.1) is 6.92 Å². The zero-order chi connectivity index (χ0) is 13.0. The summed E-state index contributed by atoms with van der Waals surface area (Å²) in [7, 11) is 0. The maximum atomic E-state index is 6.30. The molecule has 0 bridgehead atoms. The lowest BCUT2D eigenvalue weighted by Crippen LogP contribution is -1.87. The number of fused-ring (bicyclic) bond motifs is 4. The van der Waals surface area contributed by atoms with Gasteiger partial charge < -0.3 is 4.98 Å². The number of halogens is 1. The average molecular weight is 267 g/mol. The van der Waals surface area contributed by atoms with Gasteiger partial charge in [0.2, 0.25) is 0 Å². The number of aryl methyl sites for hydroxylation is 1. The summed E-state index contributed by atoms with van der Waals surface area (Å²) in [5.41, 5.74) is 5.27. The zero-order valence-electron chi connectivity index (χ0n) is 10.4. The highest BCUT2D eigenvalue weighted by Gasteiger charge is 2.16. The average Bonchev–Trinajstić information content (AvgIpc) is 2.76. The molecule has 2 nitrogen and oxygen atoms in total. The molecule has 92 valence electrons. The highest BCUT2D eigenvalue weighted by molar-refractivity contribution is 6.36. The third kappa shape index (κ3) is 1.47. The van der Waals surface area contributed by atoms with Crippen molar-refractivity contribution in [3.05, 3.63) is 53.1 Å². The van der Waals surface area contributed by atoms with Crippen LogP contribution in [0.5, 0.6) is 0 Å². The highest BCUT2D eigenvalue weighted by Crippen LogP contribution is 2.36. The molecule has 0 amide bonds. The van der Waals surface area contributed by atoms with Crippen molar-refractivity contribution in [2.75, 3.05) is 0 Å². The number of nitrogens with zero attached hydrogens (tertiary/aromatic N) is 1. The van der Waals surface area contributed by atoms with E-state index in [2.05, 4.69) is 41.2 Å². The van der Waals surface area contributed by atoms with Crippen LogP contribution < -0.4 is 0 Å². The van der Waals surface area contributed by atoms with Crippen LogP contribution in [0.3, 0.4) is 0 Å². The van der Waals surface area contributed by atoms with E-state index in [9.17, 15) is 0 Å². The highest BCUT2D eigenvalue weighted by atomic mass is 35.5. The molecule has 0 spiro atoms. The van der Waals surface area contributed by atoms with Gasteiger partial charge in [0.1, 0.15) is 0 Å². The minimum absolute atomic E-state index is 0.739. The molecular weight excluding hydrogens is 256 g/mol. The maximum absolute atomic E-state index is 6.30. The van der Waals surface area contributed by atoms with Gasteiger partial charge in [-0.15, -0.1) is 0 Å². The molecule has 0 fully saturated rings. The Hall–Kier alpha value is -2.06. The smallest absolute Gasteiger partial charge is 0.0886 e. The van der Waals surface area contributed by atoms with Gasteiger partial charge in [-0.25, -0.2) is 4.98 Å². The number of nitrogens with one attached hydrogen (secondary N) is 1. The van der Waals surface area contributed by atoms with Crippen LogP contribution >= 0.6 is 11.6 Å². The molecular formula is C16H11ClN2. The zero-order valence-corrected chi connectivity index (χ0v) is 11.1. The molecule has 1 N–H and O–H groups in total. The van der Waals surface area contributed by atoms with Gasteiger partial charge in [0.25, 0.3) is 0 Å². The van der Waals surface area contributed by atoms with Crippen molar-refractivity contribution in [3.63, 3.8) is 0 Å². The molecule has 0 atom stereocenters. The summed E-state index contributed by atoms with van der Waals surface area (Å²) < 4.78 is 0. The van der Waals surface area contributed by atoms with Gasteiger partial charge in [0.05, 0.1) is 21.9 Å². The predicted octanol–water partition coefficient (Wildman–Crippen LogP) is 4.78. The second-order valence-corrected chi connectivity index (χ2v) is 5.22. The number of H-pyrrole nitrogens is 1. The van der Waals surface area contributed by atoms with E-state index < -0.39 is 0 Å². The number of aromatic nitrogens is 2. The molecule has 2 aromatic carbocycles. The van der Waals surface area contributed by atoms with Crippen molar-refractivity contribution in [1.82, 2.24) is 9.97 Å². The molecule has 0 unspecified atom stereocenters. The Bertz CT molecular complexity index is 892. The second kappa shape index (κ2) is 3.72. The summed E-state index contributed by atoms with van der Waals surface area (Å²) in [5.74, 6) is 0. The number of rotatable bonds is 0. The third-order valence-corrected chi connectivity index (χ3v) is 3.92. The van der Waals surface area contributed by atoms with E-state index in [1.54, 1.807) is 0 Å². The first-order valence-electron chi connectivity index (χ1n) is 6.20. The first-order chi connectivity index (χ1) is 9.24. The number of aromatic amines is 1. The van der Waals surface area contributed by atoms with Crippen molar-refractivity contribution in [2.45, 2.75) is 6.92 Å². The largest absolute Gasteiger partial charge is 0.353 e. The monoisotopic (exact) mass is 266 g/mol. The summed E-state index contributed by atoms with van der Waals surface area (Å²) >= 11 is 6.30. The molecule has 0 aliphatic carbocycles. The van der Waals surface area contributed by atoms with E-state index >= 15 is 0 Å². The van der Waals surface area contributed by atoms with E-state index in [4.69, 9.17) is 11.6 Å². The number of hydrogen-bond acceptors (Lipinski definition) is 1. The van der Waals surface area contributed by atoms with Crippen molar-refractivity contribution in [1.29, 1.82) is 0 Å². The lowest BCUT2D eigenvalue weighted by Gasteiger charge is -2.06. The van der Waals surface area contributed by atoms with Crippen molar-refractivity contribution < 1.29 is 0 Å². The Morgan fingerprint density at radius 2 is 1.95 bits per heavy atom. The van der Waals surface area contributed by atoms with E-state index in [1.807, 2.05) is 18.2 Å². The van der Waals surface area contributed by atoms with Gasteiger partial charge in [-0.05, 0) is 36.8 Å². The topological polar surface area (TPSA) is 28.7 Å². The summed E-state index contributed by atoms with van der Waals surface area (Å²) in [6.07, 6.45) is 0. The lowest BCUT2D eigenvalue weighted by molar-refractivity contribution is 1.36. The molecule has 0 saturated carbocycles. The van der Waals surface area contributed by atoms with Gasteiger partial charge in [0, 0.05) is 16.3 Å². The molecule has 3 heteroatoms. The van der Waals surface area contributed by atoms with Crippen LogP contribution in [0.4, 0.5) is 0 Å². The molecule has 2 aliphatic heterocycles. The van der Waals surface area contributed by atoms with Crippen LogP contribution in [0.1, 0.15) is 5.56 Å². The Balaban J connectivity index is 2.25. The maximum Gasteiger partial charge on any atom is 0.0886 e. The van der Waals surface area contributed by atoms with Crippen LogP contribution in [0.2, 0.25) is 5.02 Å². The predicted molar refractivity (Wildman–Crippen MR) is 80.0 cm³/mol. The van der Waals surface area contributed by atoms with Crippen molar-refractivity contribution in [3.8, 4) is 11.4 Å². The summed E-state index contributed by atoms with van der Waals surface area (Å²) in [5, 5.41) is 2.94. The molecule has 0 radical (unpaired) electrons. The molecule has 4 rings (SSSR count). The molecule has 2 aromatic rings. The van der Waals surface area contributed by atoms with Crippen LogP contribution in [0.15, 0.2) is 42.5 Å². The number of benzene rings is 2. The Kier molecular flexibility index (Phi) is 2.12. The second-order valence-electron chi connectivity index (χ2n) is 4.81. The van der Waals surface area contributed by atoms with Gasteiger partial charge in [-0.2, -0.15) is 0 Å². The molecule has 0 aromatic heterocycles. The van der Waals surface area contributed by atoms with Crippen molar-refractivity contribution >= 4 is 33.4 Å². The SMILES string of the molecule is Cc1cccc2[nH]c3c4c(Cl)cccc4nc-3cc12. The van der Waals surface area contributed by atoms with E-state index in [0.717, 1.165) is 32.8 Å². The minimum Gasteiger partial charge on any atom is -0.353 e. The van der Waals surface area contributed by atoms with E-state index in [1.165, 1.54) is 10.9 Å². The first kappa shape index (κ1) is 10.8. The standard InChI is InChI=1S/C16H11ClN2/c1-9-4-2-6-12-10(9)8-14-16(19-12)15-11(17)5-3-7-13(15)18-14/h2-8,19H,1H3. The Labute approximate surface area is 115 Å². The molecule has 0 saturated heterocycles. The van der Waals surface area contributed by atoms with Gasteiger partial charge >= 0.3 is 0 Å². The van der Waals surface area contributed by atoms with Crippen LogP contribution in [0.25, 0.3) is 33.2 Å². The summed E-state index contributed by atoms with van der Waals surface area (Å²) in [6, 6.07) is 14.2. The van der Waals surface area contributed by atoms with Gasteiger partial charge in [-0.1, -0.05) is 29.8 Å². The first-order valence-corrected chi connectivity index (χ1v) is 6.58. The normalized spacial score (nSPS) is 11.7. The fourth-order valence-electron chi connectivity index (χ4n) is 2.65. The molecule has 19 heavy (non-hydrogen) atoms. The third-order valence-electron chi connectivity index (χ3n) is 3.60. The Morgan fingerprint density at radius 1 is 1.11 bits per heavy atom. The van der Waals surface area contributed by atoms with Crippen molar-refractivity contribution in [2.24, 2.45) is 0 Å². The van der Waals surface area contributed by atoms with Crippen LogP contribution in [-0.2, 0) is 0 Å². The number of hydrogen-bond donors (Lipinski definition) is 1. The van der Waals surface area contributed by atoms with Crippen LogP contribution in [-0.4, -0.2) is 9.97 Å². The number of pyridine rings is 1. The molecule has 2 aliphatic rings. The summed E-state index contributed by atoms with van der Waals surface area (Å²) in [6.45, 7) is 2.11. The van der Waals surface area contributed by atoms with E-state index in [0.29, 0.717) is 0 Å². The quantitative estimate of drug-likeness (QED) is 0.487. The van der Waals surface area contributed by atoms with Gasteiger partial charge in [0.15, 0.2) is 0 Å². The van der Waals surface area contributed by atoms with Gasteiger partial charge in [-0.3, -0.25) is 0 Å². The molecule has 2 heterocycles. The fourth-order valence-corrected chi connectivity index (χ4v) is 2.91. The lowest BCUT2D eigenvalue weighted by atomic mass is 10.1. The summed E-state index contributed by atoms with van der Waals surface area (Å²) in [4.78, 5) is 8.12. The Morgan fingerprint density at radius 3 is 2.84 bits per heavy atom. The van der Waals surface area contributed by atoms with E-state index in [-0.39, 0.29) is 0 Å². The fraction of sp³-hybridized carbons (Fsp3) is 0.0625. The minimum atomic E-state index is 0.739.